The Morgan fingerprint density at radius 1 is 1.00 bits per heavy atom. The molecule has 11 atom stereocenters. The molecule has 0 saturated carbocycles. The molecule has 2 aromatic carbocycles. The maximum atomic E-state index is 14.9. The average molecular weight is 839 g/mol. The van der Waals surface area contributed by atoms with E-state index >= 15 is 0 Å². The van der Waals surface area contributed by atoms with Gasteiger partial charge >= 0.3 is 14.5 Å². The summed E-state index contributed by atoms with van der Waals surface area (Å²) in [6, 6.07) is 20.0. The molecule has 3 fully saturated rings. The van der Waals surface area contributed by atoms with Crippen LogP contribution in [-0.2, 0) is 32.6 Å². The van der Waals surface area contributed by atoms with E-state index in [0.29, 0.717) is 30.9 Å². The number of fused-ring (bicyclic) bond motifs is 2. The predicted octanol–water partition coefficient (Wildman–Crippen LogP) is 7.40. The molecule has 4 aliphatic heterocycles. The Labute approximate surface area is 358 Å². The summed E-state index contributed by atoms with van der Waals surface area (Å²) >= 11 is 0. The highest BCUT2D eigenvalue weighted by Gasteiger charge is 2.62. The number of allylic oxidation sites excluding steroid dienone is 5. The summed E-state index contributed by atoms with van der Waals surface area (Å²) < 4.78 is 41.1. The Bertz CT molecular complexity index is 1930. The molecule has 324 valence electrons. The standard InChI is InChI=1S/C50H66O9Si/c1-9-55-60(41-19-12-10-13-20-41,42-21-14-11-15-22-42)59-46-36(7)27-43-48(52)56-40-28-39(57-49(29-40)30-44(51)37(8)45(58-49)35(6)25-32(2)3)24-23-34(5)26-33(4)17-16-18-38-31-54-47(46)50(38,43)53/h10-23,25,27,32-33,37,39-40,43-47,51,53H,9,24,26,28-31H2,1-8H3/b17-16+,34-23+,35-25+,38-18+/t33-,37-,39+,40-,43-,44?,45+,46+,47+,49-,50+/m0/s1. The van der Waals surface area contributed by atoms with Crippen molar-refractivity contribution >= 4 is 24.9 Å². The maximum Gasteiger partial charge on any atom is 0.407 e. The topological polar surface area (TPSA) is 113 Å². The zero-order chi connectivity index (χ0) is 42.8. The number of carbonyl (C=O) groups excluding carboxylic acids is 1. The van der Waals surface area contributed by atoms with Gasteiger partial charge in [-0.1, -0.05) is 130 Å². The van der Waals surface area contributed by atoms with Crippen molar-refractivity contribution in [3.63, 3.8) is 0 Å². The molecule has 2 bridgehead atoms. The van der Waals surface area contributed by atoms with Gasteiger partial charge in [-0.2, -0.15) is 0 Å². The number of aliphatic hydroxyl groups excluding tert-OH is 1. The van der Waals surface area contributed by atoms with E-state index in [4.69, 9.17) is 27.8 Å². The van der Waals surface area contributed by atoms with E-state index in [9.17, 15) is 15.0 Å². The minimum absolute atomic E-state index is 0.112. The number of benzene rings is 2. The van der Waals surface area contributed by atoms with Crippen molar-refractivity contribution in [3.8, 4) is 0 Å². The maximum absolute atomic E-state index is 14.9. The molecule has 60 heavy (non-hydrogen) atoms. The number of hydrogen-bond acceptors (Lipinski definition) is 9. The van der Waals surface area contributed by atoms with Gasteiger partial charge in [-0.15, -0.1) is 0 Å². The predicted molar refractivity (Wildman–Crippen MR) is 236 cm³/mol. The highest BCUT2D eigenvalue weighted by Crippen LogP contribution is 2.49. The van der Waals surface area contributed by atoms with Crippen LogP contribution in [0.4, 0.5) is 0 Å². The molecule has 2 aromatic rings. The van der Waals surface area contributed by atoms with Crippen molar-refractivity contribution in [2.45, 2.75) is 136 Å². The minimum atomic E-state index is -3.43. The first-order chi connectivity index (χ1) is 28.7. The van der Waals surface area contributed by atoms with Crippen LogP contribution in [-0.4, -0.2) is 86.0 Å². The molecule has 0 aromatic heterocycles. The van der Waals surface area contributed by atoms with Gasteiger partial charge in [0.15, 0.2) is 5.79 Å². The van der Waals surface area contributed by atoms with Gasteiger partial charge in [0.25, 0.3) is 0 Å². The zero-order valence-corrected chi connectivity index (χ0v) is 37.7. The lowest BCUT2D eigenvalue weighted by Crippen LogP contribution is -2.68. The number of carbonyl (C=O) groups is 1. The van der Waals surface area contributed by atoms with E-state index < -0.39 is 56.3 Å². The van der Waals surface area contributed by atoms with Crippen LogP contribution in [0.5, 0.6) is 0 Å². The lowest BCUT2D eigenvalue weighted by Gasteiger charge is -2.51. The Morgan fingerprint density at radius 3 is 2.33 bits per heavy atom. The number of ether oxygens (including phenoxy) is 4. The van der Waals surface area contributed by atoms with E-state index in [2.05, 4.69) is 52.8 Å². The van der Waals surface area contributed by atoms with Gasteiger partial charge in [0.1, 0.15) is 23.7 Å². The zero-order valence-electron chi connectivity index (χ0n) is 36.7. The largest absolute Gasteiger partial charge is 0.462 e. The third-order valence-electron chi connectivity index (χ3n) is 13.0. The molecular formula is C50H66O9Si. The lowest BCUT2D eigenvalue weighted by atomic mass is 9.71. The van der Waals surface area contributed by atoms with Crippen molar-refractivity contribution in [3.05, 3.63) is 119 Å². The van der Waals surface area contributed by atoms with Gasteiger partial charge in [-0.05, 0) is 79.5 Å². The molecule has 3 saturated heterocycles. The van der Waals surface area contributed by atoms with E-state index in [-0.39, 0.29) is 43.5 Å². The first-order valence-corrected chi connectivity index (χ1v) is 23.9. The van der Waals surface area contributed by atoms with Gasteiger partial charge in [0.2, 0.25) is 0 Å². The normalized spacial score (nSPS) is 37.6. The second-order valence-electron chi connectivity index (χ2n) is 18.3. The summed E-state index contributed by atoms with van der Waals surface area (Å²) in [6.45, 7) is 17.1. The lowest BCUT2D eigenvalue weighted by molar-refractivity contribution is -0.342. The monoisotopic (exact) mass is 838 g/mol. The fraction of sp³-hybridized carbons (Fsp3) is 0.540. The van der Waals surface area contributed by atoms with E-state index in [1.807, 2.05) is 99.7 Å². The molecule has 0 radical (unpaired) electrons. The first-order valence-electron chi connectivity index (χ1n) is 22.1. The van der Waals surface area contributed by atoms with Crippen molar-refractivity contribution in [2.75, 3.05) is 13.2 Å². The smallest absolute Gasteiger partial charge is 0.407 e. The van der Waals surface area contributed by atoms with Crippen LogP contribution in [0.15, 0.2) is 119 Å². The average Bonchev–Trinajstić information content (AvgIpc) is 3.55. The Kier molecular flexibility index (Phi) is 13.7. The summed E-state index contributed by atoms with van der Waals surface area (Å²) in [4.78, 5) is 14.9. The van der Waals surface area contributed by atoms with E-state index in [1.165, 1.54) is 5.57 Å². The fourth-order valence-corrected chi connectivity index (χ4v) is 13.5. The van der Waals surface area contributed by atoms with Crippen LogP contribution in [0.3, 0.4) is 0 Å². The van der Waals surface area contributed by atoms with Crippen LogP contribution in [0.1, 0.15) is 87.5 Å². The Hall–Kier alpha value is -3.45. The summed E-state index contributed by atoms with van der Waals surface area (Å²) in [5, 5.41) is 26.7. The fourth-order valence-electron chi connectivity index (χ4n) is 10.2. The van der Waals surface area contributed by atoms with Gasteiger partial charge in [-0.3, -0.25) is 4.79 Å². The van der Waals surface area contributed by atoms with Crippen molar-refractivity contribution < 1.29 is 42.8 Å². The van der Waals surface area contributed by atoms with Crippen LogP contribution < -0.4 is 10.4 Å². The van der Waals surface area contributed by atoms with Gasteiger partial charge in [0, 0.05) is 31.8 Å². The molecule has 0 amide bonds. The number of esters is 1. The molecule has 4 heterocycles. The summed E-state index contributed by atoms with van der Waals surface area (Å²) in [7, 11) is -3.43. The van der Waals surface area contributed by atoms with Gasteiger partial charge in [-0.25, -0.2) is 0 Å². The molecular weight excluding hydrogens is 773 g/mol. The summed E-state index contributed by atoms with van der Waals surface area (Å²) in [5.41, 5.74) is 1.82. The highest BCUT2D eigenvalue weighted by atomic mass is 28.4. The molecule has 1 aliphatic carbocycles. The molecule has 7 rings (SSSR count). The van der Waals surface area contributed by atoms with Gasteiger partial charge in [0.05, 0.1) is 31.0 Å². The quantitative estimate of drug-likeness (QED) is 0.160. The van der Waals surface area contributed by atoms with Gasteiger partial charge < -0.3 is 38.0 Å². The van der Waals surface area contributed by atoms with Crippen LogP contribution >= 0.6 is 0 Å². The van der Waals surface area contributed by atoms with Crippen molar-refractivity contribution in [1.82, 2.24) is 0 Å². The van der Waals surface area contributed by atoms with Crippen molar-refractivity contribution in [2.24, 2.45) is 23.7 Å². The van der Waals surface area contributed by atoms with Crippen molar-refractivity contribution in [1.29, 1.82) is 0 Å². The Balaban J connectivity index is 1.29. The SMILES string of the molecule is CCO[Si](O[C@@H]1C(C)=C[C@H]2C(=O)O[C@H]3C[C@@H](C/C=C(\C)C[C@@H](C)/C=C/C=C4\CO[C@H]1[C@@]42O)O[C@@]1(CC(O)[C@H](C)[C@@H](/C(C)=C/C(C)C)O1)C3)(c1ccccc1)c1ccccc1. The molecule has 1 spiro atoms. The number of rotatable bonds is 8. The van der Waals surface area contributed by atoms with Crippen LogP contribution in [0.2, 0.25) is 0 Å². The summed E-state index contributed by atoms with van der Waals surface area (Å²) in [6.07, 6.45) is 11.0. The molecule has 5 aliphatic rings. The first kappa shape index (κ1) is 44.6. The molecule has 2 N–H and O–H groups in total. The second-order valence-corrected chi connectivity index (χ2v) is 21.2. The molecule has 9 nitrogen and oxygen atoms in total. The Morgan fingerprint density at radius 2 is 1.68 bits per heavy atom. The summed E-state index contributed by atoms with van der Waals surface area (Å²) in [5.74, 6) is -2.44. The number of aliphatic hydroxyl groups is 2. The number of hydrogen-bond donors (Lipinski definition) is 2. The third-order valence-corrected chi connectivity index (χ3v) is 16.5. The molecule has 10 heteroatoms. The molecule has 1 unspecified atom stereocenters. The van der Waals surface area contributed by atoms with Crippen LogP contribution in [0.25, 0.3) is 0 Å². The van der Waals surface area contributed by atoms with Crippen LogP contribution in [0, 0.1) is 23.7 Å². The highest BCUT2D eigenvalue weighted by molar-refractivity contribution is 6.92. The van der Waals surface area contributed by atoms with E-state index in [1.54, 1.807) is 0 Å². The van der Waals surface area contributed by atoms with E-state index in [0.717, 1.165) is 27.9 Å². The minimum Gasteiger partial charge on any atom is -0.462 e. The third kappa shape index (κ3) is 9.04. The second kappa shape index (κ2) is 18.5.